The highest BCUT2D eigenvalue weighted by molar-refractivity contribution is 5.70. The number of likely N-dealkylation sites (N-methyl/N-ethyl adjacent to an activating group) is 1. The minimum Gasteiger partial charge on any atom is -0.545 e. The van der Waals surface area contributed by atoms with Gasteiger partial charge in [-0.3, -0.25) is 9.59 Å². The van der Waals surface area contributed by atoms with Crippen molar-refractivity contribution in [1.29, 1.82) is 0 Å². The van der Waals surface area contributed by atoms with Gasteiger partial charge in [0.15, 0.2) is 12.4 Å². The van der Waals surface area contributed by atoms with Crippen LogP contribution in [0.2, 0.25) is 0 Å². The van der Waals surface area contributed by atoms with Gasteiger partial charge in [0.1, 0.15) is 13.2 Å². The van der Waals surface area contributed by atoms with Crippen LogP contribution in [0.3, 0.4) is 0 Å². The number of nitrogens with zero attached hydrogens (tertiary/aromatic N) is 1. The summed E-state index contributed by atoms with van der Waals surface area (Å²) in [6.45, 7) is 4.63. The number of hydrogen-bond donors (Lipinski definition) is 0. The number of ether oxygens (including phenoxy) is 4. The monoisotopic (exact) mass is 1230 g/mol. The van der Waals surface area contributed by atoms with Crippen molar-refractivity contribution in [1.82, 2.24) is 0 Å². The molecule has 0 amide bonds. The number of carbonyl (C=O) groups excluding carboxylic acids is 3. The van der Waals surface area contributed by atoms with Crippen molar-refractivity contribution >= 4 is 17.9 Å². The van der Waals surface area contributed by atoms with Gasteiger partial charge >= 0.3 is 11.9 Å². The van der Waals surface area contributed by atoms with E-state index in [9.17, 15) is 19.5 Å². The van der Waals surface area contributed by atoms with Crippen LogP contribution >= 0.6 is 0 Å². The maximum absolute atomic E-state index is 12.9. The van der Waals surface area contributed by atoms with E-state index in [1.807, 2.05) is 21.1 Å². The average Bonchev–Trinajstić information content (AvgIpc) is 3.62. The number of hydrogen-bond acceptors (Lipinski definition) is 8. The van der Waals surface area contributed by atoms with Crippen molar-refractivity contribution < 1.29 is 42.9 Å². The molecule has 0 saturated carbocycles. The molecule has 88 heavy (non-hydrogen) atoms. The molecule has 0 N–H and O–H groups in total. The van der Waals surface area contributed by atoms with Gasteiger partial charge in [-0.2, -0.15) is 0 Å². The van der Waals surface area contributed by atoms with Crippen LogP contribution in [0.25, 0.3) is 0 Å². The molecule has 0 fully saturated rings. The summed E-state index contributed by atoms with van der Waals surface area (Å²) in [6, 6.07) is 0. The molecule has 0 heterocycles. The minimum atomic E-state index is -1.64. The summed E-state index contributed by atoms with van der Waals surface area (Å²) in [5.74, 6) is -2.32. The Balaban J connectivity index is 4.04. The third-order valence-electron chi connectivity index (χ3n) is 16.4. The molecule has 2 atom stereocenters. The highest BCUT2D eigenvalue weighted by Crippen LogP contribution is 2.19. The molecule has 0 aliphatic rings. The number of rotatable bonds is 69. The largest absolute Gasteiger partial charge is 0.545 e. The number of carboxylic acid groups (broad SMARTS) is 1. The van der Waals surface area contributed by atoms with Gasteiger partial charge in [-0.1, -0.05) is 343 Å². The fourth-order valence-electron chi connectivity index (χ4n) is 10.8. The van der Waals surface area contributed by atoms with E-state index >= 15 is 0 Å². The van der Waals surface area contributed by atoms with E-state index in [0.29, 0.717) is 17.4 Å². The molecular weight excluding hydrogens is 1090 g/mol. The third kappa shape index (κ3) is 69.9. The van der Waals surface area contributed by atoms with E-state index in [4.69, 9.17) is 18.9 Å². The van der Waals surface area contributed by atoms with Gasteiger partial charge < -0.3 is 33.3 Å². The molecule has 9 heteroatoms. The summed E-state index contributed by atoms with van der Waals surface area (Å²) < 4.78 is 22.8. The van der Waals surface area contributed by atoms with Crippen LogP contribution in [0.4, 0.5) is 0 Å². The lowest BCUT2D eigenvalue weighted by atomic mass is 10.0. The number of carbonyl (C=O) groups is 3. The van der Waals surface area contributed by atoms with Crippen molar-refractivity contribution in [2.45, 2.75) is 354 Å². The van der Waals surface area contributed by atoms with Gasteiger partial charge in [0.05, 0.1) is 40.3 Å². The Hall–Kier alpha value is -3.53. The first-order valence-electron chi connectivity index (χ1n) is 37.2. The van der Waals surface area contributed by atoms with Crippen molar-refractivity contribution in [3.63, 3.8) is 0 Å². The van der Waals surface area contributed by atoms with Crippen LogP contribution in [-0.2, 0) is 33.3 Å². The zero-order valence-electron chi connectivity index (χ0n) is 58.3. The maximum Gasteiger partial charge on any atom is 0.306 e. The van der Waals surface area contributed by atoms with Crippen LogP contribution in [0.1, 0.15) is 341 Å². The Kier molecular flexibility index (Phi) is 66.6. The summed E-state index contributed by atoms with van der Waals surface area (Å²) >= 11 is 0. The second-order valence-corrected chi connectivity index (χ2v) is 26.2. The van der Waals surface area contributed by atoms with Crippen LogP contribution in [0, 0.1) is 0 Å². The summed E-state index contributed by atoms with van der Waals surface area (Å²) in [5, 5.41) is 11.8. The number of allylic oxidation sites excluding steroid dienone is 14. The van der Waals surface area contributed by atoms with Crippen LogP contribution in [0.15, 0.2) is 85.1 Å². The highest BCUT2D eigenvalue weighted by atomic mass is 16.7. The van der Waals surface area contributed by atoms with Crippen molar-refractivity contribution in [2.24, 2.45) is 0 Å². The summed E-state index contributed by atoms with van der Waals surface area (Å²) in [6.07, 6.45) is 91.4. The maximum atomic E-state index is 12.9. The molecule has 2 unspecified atom stereocenters. The summed E-state index contributed by atoms with van der Waals surface area (Å²) in [4.78, 5) is 37.5. The predicted molar refractivity (Wildman–Crippen MR) is 375 cm³/mol. The lowest BCUT2D eigenvalue weighted by molar-refractivity contribution is -0.870. The average molecular weight is 1230 g/mol. The quantitative estimate of drug-likeness (QED) is 0.0195. The SMILES string of the molecule is CC/C=C\C/C=C\C/C=C\C/C=C\C/C=C\C/C=C\C/C=C\CCCCCC(=O)OC(COC(=O)CCCCCCCCCCCCCCCCCCCCCCCCCCCCCCCCCCCCCCCC)COC(OCC[N+](C)(C)C)C(=O)[O-]. The number of carboxylic acids is 1. The van der Waals surface area contributed by atoms with Crippen LogP contribution in [0.5, 0.6) is 0 Å². The molecule has 0 saturated heterocycles. The molecule has 0 aromatic rings. The molecule has 510 valence electrons. The number of aliphatic carboxylic acids is 1. The van der Waals surface area contributed by atoms with Gasteiger partial charge in [-0.15, -0.1) is 0 Å². The third-order valence-corrected chi connectivity index (χ3v) is 16.4. The van der Waals surface area contributed by atoms with E-state index in [-0.39, 0.29) is 38.6 Å². The first-order chi connectivity index (χ1) is 43.1. The molecule has 0 spiro atoms. The molecule has 0 rings (SSSR count). The van der Waals surface area contributed by atoms with Gasteiger partial charge in [-0.05, 0) is 70.6 Å². The topological polar surface area (TPSA) is 111 Å². The second-order valence-electron chi connectivity index (χ2n) is 26.2. The van der Waals surface area contributed by atoms with E-state index in [1.54, 1.807) is 0 Å². The first-order valence-corrected chi connectivity index (χ1v) is 37.2. The summed E-state index contributed by atoms with van der Waals surface area (Å²) in [7, 11) is 5.92. The van der Waals surface area contributed by atoms with Crippen LogP contribution < -0.4 is 5.11 Å². The Labute approximate surface area is 544 Å². The van der Waals surface area contributed by atoms with Crippen molar-refractivity contribution in [3.05, 3.63) is 85.1 Å². The molecule has 0 bridgehead atoms. The van der Waals surface area contributed by atoms with E-state index in [0.717, 1.165) is 83.5 Å². The second kappa shape index (κ2) is 69.4. The molecule has 0 aromatic heterocycles. The number of quaternary nitrogens is 1. The van der Waals surface area contributed by atoms with Gasteiger partial charge in [-0.25, -0.2) is 0 Å². The normalized spacial score (nSPS) is 13.1. The van der Waals surface area contributed by atoms with E-state index < -0.39 is 24.3 Å². The van der Waals surface area contributed by atoms with E-state index in [2.05, 4.69) is 98.9 Å². The van der Waals surface area contributed by atoms with Crippen LogP contribution in [-0.4, -0.2) is 82.3 Å². The Morgan fingerprint density at radius 3 is 0.966 bits per heavy atom. The Morgan fingerprint density at radius 1 is 0.352 bits per heavy atom. The fourth-order valence-corrected chi connectivity index (χ4v) is 10.8. The molecule has 0 aliphatic carbocycles. The van der Waals surface area contributed by atoms with E-state index in [1.165, 1.54) is 225 Å². The van der Waals surface area contributed by atoms with Crippen molar-refractivity contribution in [2.75, 3.05) is 47.5 Å². The lowest BCUT2D eigenvalue weighted by Crippen LogP contribution is -2.44. The van der Waals surface area contributed by atoms with Crippen molar-refractivity contribution in [3.8, 4) is 0 Å². The number of unbranched alkanes of at least 4 members (excludes halogenated alkanes) is 40. The fraction of sp³-hybridized carbons (Fsp3) is 0.785. The Morgan fingerprint density at radius 2 is 0.648 bits per heavy atom. The van der Waals surface area contributed by atoms with Gasteiger partial charge in [0.25, 0.3) is 0 Å². The minimum absolute atomic E-state index is 0.138. The summed E-state index contributed by atoms with van der Waals surface area (Å²) in [5.41, 5.74) is 0. The smallest absolute Gasteiger partial charge is 0.306 e. The molecule has 0 aromatic carbocycles. The predicted octanol–water partition coefficient (Wildman–Crippen LogP) is 22.1. The standard InChI is InChI=1S/C79H141NO8/c1-6-8-10-12-14-16-18-20-22-24-26-28-30-32-33-34-35-36-37-38-39-40-41-42-43-44-46-47-49-51-53-55-57-59-61-63-65-67-69-76(81)86-73-75(74-87-79(78(83)84)85-72-71-80(3,4)5)88-77(82)70-68-66-64-62-60-58-56-54-52-50-48-45-31-29-27-25-23-21-19-17-15-13-11-9-7-2/h9,11,15,17,21,23,27,29,45,48,52,54,58,60,75,79H,6-8,10,12-14,16,18-20,22,24-26,28,30-44,46-47,49-51,53,55-57,59,61-74H2,1-5H3/b11-9-,17-15-,23-21-,29-27-,48-45-,54-52-,60-58-. The Bertz CT molecular complexity index is 1720. The van der Waals surface area contributed by atoms with Gasteiger partial charge in [0.2, 0.25) is 0 Å². The zero-order valence-corrected chi connectivity index (χ0v) is 58.3. The lowest BCUT2D eigenvalue weighted by Gasteiger charge is -2.26. The first kappa shape index (κ1) is 84.5. The molecule has 0 radical (unpaired) electrons. The highest BCUT2D eigenvalue weighted by Gasteiger charge is 2.22. The number of esters is 2. The zero-order chi connectivity index (χ0) is 64.0. The van der Waals surface area contributed by atoms with Gasteiger partial charge in [0, 0.05) is 12.8 Å². The molecule has 0 aliphatic heterocycles. The molecular formula is C79H141NO8. The molecule has 9 nitrogen and oxygen atoms in total.